The summed E-state index contributed by atoms with van der Waals surface area (Å²) >= 11 is 0. The van der Waals surface area contributed by atoms with Gasteiger partial charge in [-0.15, -0.1) is 0 Å². The predicted molar refractivity (Wildman–Crippen MR) is 71.2 cm³/mol. The molecule has 20 heavy (non-hydrogen) atoms. The SMILES string of the molecule is Cc1ccc(N2CCCC2)cc1NS(=O)(=O)C(F)(F)F. The summed E-state index contributed by atoms with van der Waals surface area (Å²) in [5, 5.41) is 0. The molecule has 0 aromatic heterocycles. The summed E-state index contributed by atoms with van der Waals surface area (Å²) in [6.07, 6.45) is 2.05. The maximum Gasteiger partial charge on any atom is 0.516 e. The maximum atomic E-state index is 12.4. The van der Waals surface area contributed by atoms with Gasteiger partial charge in [-0.3, -0.25) is 4.72 Å². The third kappa shape index (κ3) is 3.00. The molecule has 1 aliphatic rings. The first-order chi connectivity index (χ1) is 9.21. The van der Waals surface area contributed by atoms with E-state index in [1.807, 2.05) is 4.90 Å². The number of anilines is 2. The topological polar surface area (TPSA) is 49.4 Å². The Balaban J connectivity index is 2.30. The van der Waals surface area contributed by atoms with Gasteiger partial charge < -0.3 is 4.90 Å². The molecule has 0 spiro atoms. The predicted octanol–water partition coefficient (Wildman–Crippen LogP) is 2.86. The fourth-order valence-corrected chi connectivity index (χ4v) is 2.72. The molecule has 112 valence electrons. The van der Waals surface area contributed by atoms with Crippen molar-refractivity contribution in [2.75, 3.05) is 22.7 Å². The van der Waals surface area contributed by atoms with Crippen LogP contribution in [-0.2, 0) is 10.0 Å². The Hall–Kier alpha value is -1.44. The number of hydrogen-bond donors (Lipinski definition) is 1. The molecule has 1 aromatic rings. The number of aryl methyl sites for hydroxylation is 1. The zero-order valence-electron chi connectivity index (χ0n) is 10.9. The number of hydrogen-bond acceptors (Lipinski definition) is 3. The standard InChI is InChI=1S/C12H15F3N2O2S/c1-9-4-5-10(17-6-2-3-7-17)8-11(9)16-20(18,19)12(13,14)15/h4-5,8,16H,2-3,6-7H2,1H3. The summed E-state index contributed by atoms with van der Waals surface area (Å²) in [7, 11) is -5.38. The first kappa shape index (κ1) is 15.0. The minimum absolute atomic E-state index is 0.0354. The molecule has 1 N–H and O–H groups in total. The smallest absolute Gasteiger partial charge is 0.371 e. The van der Waals surface area contributed by atoms with E-state index in [1.54, 1.807) is 23.8 Å². The molecule has 0 amide bonds. The lowest BCUT2D eigenvalue weighted by atomic mass is 10.2. The quantitative estimate of drug-likeness (QED) is 0.934. The average Bonchev–Trinajstić information content (AvgIpc) is 2.84. The van der Waals surface area contributed by atoms with E-state index < -0.39 is 15.5 Å². The number of nitrogens with one attached hydrogen (secondary N) is 1. The van der Waals surface area contributed by atoms with Crippen molar-refractivity contribution in [1.29, 1.82) is 0 Å². The van der Waals surface area contributed by atoms with E-state index in [1.165, 1.54) is 6.07 Å². The first-order valence-corrected chi connectivity index (χ1v) is 7.64. The molecular weight excluding hydrogens is 293 g/mol. The lowest BCUT2D eigenvalue weighted by Crippen LogP contribution is -2.30. The molecule has 0 saturated carbocycles. The molecule has 1 heterocycles. The molecule has 0 unspecified atom stereocenters. The van der Waals surface area contributed by atoms with Crippen molar-refractivity contribution in [2.24, 2.45) is 0 Å². The molecule has 0 radical (unpaired) electrons. The van der Waals surface area contributed by atoms with Gasteiger partial charge in [0.1, 0.15) is 0 Å². The van der Waals surface area contributed by atoms with Crippen LogP contribution in [0.25, 0.3) is 0 Å². The lowest BCUT2D eigenvalue weighted by Gasteiger charge is -2.20. The molecule has 1 aromatic carbocycles. The first-order valence-electron chi connectivity index (χ1n) is 6.15. The van der Waals surface area contributed by atoms with Crippen LogP contribution >= 0.6 is 0 Å². The van der Waals surface area contributed by atoms with Crippen molar-refractivity contribution in [1.82, 2.24) is 0 Å². The summed E-state index contributed by atoms with van der Waals surface area (Å²) in [6, 6.07) is 4.85. The highest BCUT2D eigenvalue weighted by Gasteiger charge is 2.46. The Morgan fingerprint density at radius 3 is 2.35 bits per heavy atom. The van der Waals surface area contributed by atoms with Gasteiger partial charge in [0.2, 0.25) is 0 Å². The van der Waals surface area contributed by atoms with Gasteiger partial charge in [-0.1, -0.05) is 6.07 Å². The fourth-order valence-electron chi connectivity index (χ4n) is 2.09. The molecular formula is C12H15F3N2O2S. The van der Waals surface area contributed by atoms with Crippen molar-refractivity contribution >= 4 is 21.4 Å². The summed E-state index contributed by atoms with van der Waals surface area (Å²) in [4.78, 5) is 2.02. The maximum absolute atomic E-state index is 12.4. The lowest BCUT2D eigenvalue weighted by molar-refractivity contribution is -0.0429. The van der Waals surface area contributed by atoms with Crippen LogP contribution in [0.2, 0.25) is 0 Å². The monoisotopic (exact) mass is 308 g/mol. The van der Waals surface area contributed by atoms with E-state index in [-0.39, 0.29) is 5.69 Å². The zero-order chi connectivity index (χ0) is 15.0. The van der Waals surface area contributed by atoms with Crippen molar-refractivity contribution in [3.8, 4) is 0 Å². The van der Waals surface area contributed by atoms with Crippen LogP contribution in [0.5, 0.6) is 0 Å². The van der Waals surface area contributed by atoms with Gasteiger partial charge in [-0.25, -0.2) is 0 Å². The van der Waals surface area contributed by atoms with Crippen LogP contribution in [0, 0.1) is 6.92 Å². The molecule has 1 saturated heterocycles. The van der Waals surface area contributed by atoms with E-state index in [9.17, 15) is 21.6 Å². The highest BCUT2D eigenvalue weighted by Crippen LogP contribution is 2.30. The Morgan fingerprint density at radius 2 is 1.80 bits per heavy atom. The van der Waals surface area contributed by atoms with Crippen molar-refractivity contribution in [3.05, 3.63) is 23.8 Å². The van der Waals surface area contributed by atoms with Crippen LogP contribution in [0.1, 0.15) is 18.4 Å². The second kappa shape index (κ2) is 5.16. The molecule has 2 rings (SSSR count). The number of nitrogens with zero attached hydrogens (tertiary/aromatic N) is 1. The van der Waals surface area contributed by atoms with E-state index in [2.05, 4.69) is 0 Å². The van der Waals surface area contributed by atoms with E-state index in [4.69, 9.17) is 0 Å². The van der Waals surface area contributed by atoms with Crippen molar-refractivity contribution < 1.29 is 21.6 Å². The normalized spacial score (nSPS) is 16.5. The van der Waals surface area contributed by atoms with Crippen molar-refractivity contribution in [2.45, 2.75) is 25.3 Å². The van der Waals surface area contributed by atoms with E-state index in [0.29, 0.717) is 5.56 Å². The number of halogens is 3. The van der Waals surface area contributed by atoms with Gasteiger partial charge in [-0.2, -0.15) is 21.6 Å². The fraction of sp³-hybridized carbons (Fsp3) is 0.500. The molecule has 8 heteroatoms. The van der Waals surface area contributed by atoms with Gasteiger partial charge in [0, 0.05) is 18.8 Å². The average molecular weight is 308 g/mol. The van der Waals surface area contributed by atoms with E-state index in [0.717, 1.165) is 31.6 Å². The highest BCUT2D eigenvalue weighted by atomic mass is 32.2. The number of sulfonamides is 1. The Labute approximate surface area is 115 Å². The van der Waals surface area contributed by atoms with Gasteiger partial charge >= 0.3 is 15.5 Å². The summed E-state index contributed by atoms with van der Waals surface area (Å²) in [5.74, 6) is 0. The second-order valence-corrected chi connectivity index (χ2v) is 6.42. The Bertz CT molecular complexity index is 593. The Morgan fingerprint density at radius 1 is 1.20 bits per heavy atom. The minimum atomic E-state index is -5.38. The minimum Gasteiger partial charge on any atom is -0.371 e. The molecule has 1 aliphatic heterocycles. The third-order valence-corrected chi connectivity index (χ3v) is 4.34. The van der Waals surface area contributed by atoms with Gasteiger partial charge in [-0.05, 0) is 37.5 Å². The molecule has 0 aliphatic carbocycles. The molecule has 0 bridgehead atoms. The van der Waals surface area contributed by atoms with Crippen LogP contribution in [0.4, 0.5) is 24.5 Å². The Kier molecular flexibility index (Phi) is 3.86. The van der Waals surface area contributed by atoms with Crippen LogP contribution in [0.15, 0.2) is 18.2 Å². The van der Waals surface area contributed by atoms with Gasteiger partial charge in [0.25, 0.3) is 0 Å². The van der Waals surface area contributed by atoms with Crippen molar-refractivity contribution in [3.63, 3.8) is 0 Å². The molecule has 1 fully saturated rings. The third-order valence-electron chi connectivity index (χ3n) is 3.24. The summed E-state index contributed by atoms with van der Waals surface area (Å²) < 4.78 is 61.1. The largest absolute Gasteiger partial charge is 0.516 e. The second-order valence-electron chi connectivity index (χ2n) is 4.74. The number of benzene rings is 1. The van der Waals surface area contributed by atoms with Crippen LogP contribution < -0.4 is 9.62 Å². The molecule has 0 atom stereocenters. The summed E-state index contributed by atoms with van der Waals surface area (Å²) in [6.45, 7) is 3.21. The van der Waals surface area contributed by atoms with Crippen LogP contribution in [0.3, 0.4) is 0 Å². The zero-order valence-corrected chi connectivity index (χ0v) is 11.7. The highest BCUT2D eigenvalue weighted by molar-refractivity contribution is 7.93. The number of rotatable bonds is 3. The van der Waals surface area contributed by atoms with Gasteiger partial charge in [0.05, 0.1) is 5.69 Å². The van der Waals surface area contributed by atoms with E-state index >= 15 is 0 Å². The molecule has 4 nitrogen and oxygen atoms in total. The van der Waals surface area contributed by atoms with Gasteiger partial charge in [0.15, 0.2) is 0 Å². The number of alkyl halides is 3. The summed E-state index contributed by atoms with van der Waals surface area (Å²) in [5.41, 5.74) is -4.18. The van der Waals surface area contributed by atoms with Crippen LogP contribution in [-0.4, -0.2) is 27.0 Å².